The average Bonchev–Trinajstić information content (AvgIpc) is 2.51. The van der Waals surface area contributed by atoms with Crippen LogP contribution in [0.2, 0.25) is 0 Å². The van der Waals surface area contributed by atoms with Crippen LogP contribution in [0.1, 0.15) is 11.5 Å². The van der Waals surface area contributed by atoms with E-state index >= 15 is 0 Å². The first-order chi connectivity index (χ1) is 6.43. The van der Waals surface area contributed by atoms with Crippen molar-refractivity contribution in [2.75, 3.05) is 7.05 Å². The molecule has 0 aromatic carbocycles. The summed E-state index contributed by atoms with van der Waals surface area (Å²) in [5.41, 5.74) is 0. The van der Waals surface area contributed by atoms with Gasteiger partial charge in [0.05, 0.1) is 6.54 Å². The SMILES string of the molecule is C=NN(C)Cc1ccc(C(F)(F)F)o1. The van der Waals surface area contributed by atoms with Gasteiger partial charge in [0.25, 0.3) is 0 Å². The summed E-state index contributed by atoms with van der Waals surface area (Å²) in [6.45, 7) is 3.39. The zero-order valence-corrected chi connectivity index (χ0v) is 7.51. The lowest BCUT2D eigenvalue weighted by molar-refractivity contribution is -0.153. The number of rotatable bonds is 3. The summed E-state index contributed by atoms with van der Waals surface area (Å²) in [7, 11) is 1.59. The Balaban J connectivity index is 2.73. The van der Waals surface area contributed by atoms with Crippen molar-refractivity contribution in [3.8, 4) is 0 Å². The average molecular weight is 206 g/mol. The quantitative estimate of drug-likeness (QED) is 0.561. The number of hydrogen-bond acceptors (Lipinski definition) is 3. The number of hydrogen-bond donors (Lipinski definition) is 0. The summed E-state index contributed by atoms with van der Waals surface area (Å²) in [5, 5.41) is 4.87. The summed E-state index contributed by atoms with van der Waals surface area (Å²) in [5.74, 6) is -0.794. The van der Waals surface area contributed by atoms with Crippen LogP contribution in [-0.2, 0) is 12.7 Å². The maximum absolute atomic E-state index is 12.1. The zero-order chi connectivity index (χ0) is 10.8. The highest BCUT2D eigenvalue weighted by Gasteiger charge is 2.34. The molecule has 6 heteroatoms. The van der Waals surface area contributed by atoms with Gasteiger partial charge in [-0.15, -0.1) is 0 Å². The molecule has 1 aromatic rings. The lowest BCUT2D eigenvalue weighted by Crippen LogP contribution is -2.08. The van der Waals surface area contributed by atoms with Gasteiger partial charge in [-0.05, 0) is 12.1 Å². The molecule has 0 aliphatic rings. The minimum absolute atomic E-state index is 0.166. The first-order valence-electron chi connectivity index (χ1n) is 3.77. The fourth-order valence-electron chi connectivity index (χ4n) is 0.891. The van der Waals surface area contributed by atoms with E-state index in [0.717, 1.165) is 6.07 Å². The molecule has 0 bridgehead atoms. The Morgan fingerprint density at radius 1 is 1.50 bits per heavy atom. The second-order valence-electron chi connectivity index (χ2n) is 2.72. The fraction of sp³-hybridized carbons (Fsp3) is 0.375. The van der Waals surface area contributed by atoms with Gasteiger partial charge in [-0.2, -0.15) is 18.3 Å². The molecular formula is C8H9F3N2O. The van der Waals surface area contributed by atoms with E-state index in [-0.39, 0.29) is 12.3 Å². The molecule has 1 rings (SSSR count). The minimum atomic E-state index is -4.43. The zero-order valence-electron chi connectivity index (χ0n) is 7.51. The van der Waals surface area contributed by atoms with Crippen molar-refractivity contribution in [2.24, 2.45) is 5.10 Å². The van der Waals surface area contributed by atoms with Crippen LogP contribution >= 0.6 is 0 Å². The summed E-state index contributed by atoms with van der Waals surface area (Å²) < 4.78 is 40.8. The number of nitrogens with zero attached hydrogens (tertiary/aromatic N) is 2. The molecule has 0 atom stereocenters. The maximum atomic E-state index is 12.1. The van der Waals surface area contributed by atoms with Crippen LogP contribution in [0.25, 0.3) is 0 Å². The van der Waals surface area contributed by atoms with Crippen molar-refractivity contribution in [1.29, 1.82) is 0 Å². The van der Waals surface area contributed by atoms with Crippen molar-refractivity contribution < 1.29 is 17.6 Å². The molecule has 0 N–H and O–H groups in total. The Morgan fingerprint density at radius 3 is 2.57 bits per heavy atom. The van der Waals surface area contributed by atoms with E-state index in [9.17, 15) is 13.2 Å². The van der Waals surface area contributed by atoms with Crippen LogP contribution in [0, 0.1) is 0 Å². The van der Waals surface area contributed by atoms with Crippen LogP contribution < -0.4 is 0 Å². The van der Waals surface area contributed by atoms with Gasteiger partial charge < -0.3 is 4.42 Å². The summed E-state index contributed by atoms with van der Waals surface area (Å²) in [4.78, 5) is 0. The highest BCUT2D eigenvalue weighted by Crippen LogP contribution is 2.30. The second kappa shape index (κ2) is 3.73. The van der Waals surface area contributed by atoms with Crippen LogP contribution in [0.3, 0.4) is 0 Å². The molecule has 3 nitrogen and oxygen atoms in total. The predicted molar refractivity (Wildman–Crippen MR) is 44.7 cm³/mol. The van der Waals surface area contributed by atoms with Gasteiger partial charge in [0.2, 0.25) is 5.76 Å². The number of halogens is 3. The topological polar surface area (TPSA) is 28.7 Å². The Hall–Kier alpha value is -1.46. The molecule has 0 radical (unpaired) electrons. The molecule has 0 fully saturated rings. The Morgan fingerprint density at radius 2 is 2.14 bits per heavy atom. The number of hydrazone groups is 1. The molecule has 1 heterocycles. The van der Waals surface area contributed by atoms with Crippen molar-refractivity contribution in [3.63, 3.8) is 0 Å². The molecule has 0 spiro atoms. The predicted octanol–water partition coefficient (Wildman–Crippen LogP) is 2.35. The summed E-state index contributed by atoms with van der Waals surface area (Å²) >= 11 is 0. The minimum Gasteiger partial charge on any atom is -0.455 e. The normalized spacial score (nSPS) is 11.4. The Bertz CT molecular complexity index is 319. The molecule has 78 valence electrons. The third kappa shape index (κ3) is 2.51. The highest BCUT2D eigenvalue weighted by molar-refractivity contribution is 5.22. The van der Waals surface area contributed by atoms with Crippen LogP contribution in [0.4, 0.5) is 13.2 Å². The molecule has 0 aliphatic heterocycles. The van der Waals surface area contributed by atoms with Gasteiger partial charge in [-0.1, -0.05) is 0 Å². The largest absolute Gasteiger partial charge is 0.455 e. The molecule has 14 heavy (non-hydrogen) atoms. The van der Waals surface area contributed by atoms with Crippen LogP contribution in [0.5, 0.6) is 0 Å². The number of alkyl halides is 3. The molecule has 0 saturated carbocycles. The molecule has 0 aliphatic carbocycles. The molecule has 0 amide bonds. The lowest BCUT2D eigenvalue weighted by Gasteiger charge is -2.08. The Labute approximate surface area is 78.8 Å². The van der Waals surface area contributed by atoms with E-state index in [1.165, 1.54) is 11.1 Å². The third-order valence-electron chi connectivity index (χ3n) is 1.57. The molecule has 1 aromatic heterocycles. The maximum Gasteiger partial charge on any atom is 0.449 e. The smallest absolute Gasteiger partial charge is 0.449 e. The lowest BCUT2D eigenvalue weighted by atomic mass is 10.4. The molecule has 0 unspecified atom stereocenters. The van der Waals surface area contributed by atoms with Crippen molar-refractivity contribution in [3.05, 3.63) is 23.7 Å². The molecule has 0 saturated heterocycles. The van der Waals surface area contributed by atoms with Gasteiger partial charge in [0, 0.05) is 13.8 Å². The van der Waals surface area contributed by atoms with Crippen molar-refractivity contribution in [1.82, 2.24) is 5.01 Å². The Kier molecular flexibility index (Phi) is 2.83. The van der Waals surface area contributed by atoms with Gasteiger partial charge in [-0.25, -0.2) is 0 Å². The van der Waals surface area contributed by atoms with E-state index in [1.54, 1.807) is 7.05 Å². The first-order valence-corrected chi connectivity index (χ1v) is 3.77. The van der Waals surface area contributed by atoms with Crippen LogP contribution in [-0.4, -0.2) is 18.8 Å². The summed E-state index contributed by atoms with van der Waals surface area (Å²) in [6, 6.07) is 2.16. The van der Waals surface area contributed by atoms with E-state index < -0.39 is 11.9 Å². The van der Waals surface area contributed by atoms with E-state index in [4.69, 9.17) is 0 Å². The first kappa shape index (κ1) is 10.6. The van der Waals surface area contributed by atoms with Gasteiger partial charge in [0.15, 0.2) is 0 Å². The van der Waals surface area contributed by atoms with Crippen molar-refractivity contribution >= 4 is 6.72 Å². The second-order valence-corrected chi connectivity index (χ2v) is 2.72. The van der Waals surface area contributed by atoms with Gasteiger partial charge in [-0.3, -0.25) is 5.01 Å². The van der Waals surface area contributed by atoms with E-state index in [1.807, 2.05) is 0 Å². The molecular weight excluding hydrogens is 197 g/mol. The highest BCUT2D eigenvalue weighted by atomic mass is 19.4. The van der Waals surface area contributed by atoms with Gasteiger partial charge >= 0.3 is 6.18 Å². The number of furan rings is 1. The monoisotopic (exact) mass is 206 g/mol. The fourth-order valence-corrected chi connectivity index (χ4v) is 0.891. The van der Waals surface area contributed by atoms with E-state index in [0.29, 0.717) is 0 Å². The third-order valence-corrected chi connectivity index (χ3v) is 1.57. The van der Waals surface area contributed by atoms with E-state index in [2.05, 4.69) is 16.2 Å². The summed E-state index contributed by atoms with van der Waals surface area (Å²) in [6.07, 6.45) is -4.43. The standard InChI is InChI=1S/C8H9F3N2O/c1-12-13(2)5-6-3-4-7(14-6)8(9,10)11/h3-4H,1,5H2,2H3. The van der Waals surface area contributed by atoms with Crippen LogP contribution in [0.15, 0.2) is 21.7 Å². The van der Waals surface area contributed by atoms with Crippen molar-refractivity contribution in [2.45, 2.75) is 12.7 Å². The van der Waals surface area contributed by atoms with Gasteiger partial charge in [0.1, 0.15) is 5.76 Å².